The third kappa shape index (κ3) is 5.27. The van der Waals surface area contributed by atoms with Gasteiger partial charge in [0.1, 0.15) is 5.02 Å². The first-order valence-corrected chi connectivity index (χ1v) is 7.46. The summed E-state index contributed by atoms with van der Waals surface area (Å²) in [6, 6.07) is 10.2. The van der Waals surface area contributed by atoms with Crippen LogP contribution in [-0.4, -0.2) is 23.0 Å². The lowest BCUT2D eigenvalue weighted by atomic mass is 10.2. The molecule has 8 nitrogen and oxygen atoms in total. The van der Waals surface area contributed by atoms with Crippen LogP contribution in [0, 0.1) is 10.1 Å². The van der Waals surface area contributed by atoms with E-state index < -0.39 is 16.7 Å². The summed E-state index contributed by atoms with van der Waals surface area (Å²) in [5, 5.41) is 17.2. The molecule has 2 rings (SSSR count). The van der Waals surface area contributed by atoms with Crippen LogP contribution in [0.2, 0.25) is 10.0 Å². The molecule has 0 aliphatic carbocycles. The van der Waals surface area contributed by atoms with Crippen molar-refractivity contribution in [2.75, 3.05) is 5.32 Å². The quantitative estimate of drug-likeness (QED) is 0.367. The predicted molar refractivity (Wildman–Crippen MR) is 93.9 cm³/mol. The van der Waals surface area contributed by atoms with Crippen LogP contribution in [0.4, 0.5) is 11.4 Å². The van der Waals surface area contributed by atoms with Crippen LogP contribution in [0.3, 0.4) is 0 Å². The van der Waals surface area contributed by atoms with Crippen molar-refractivity contribution in [2.24, 2.45) is 5.10 Å². The fraction of sp³-hybridized carbons (Fsp3) is 0. The van der Waals surface area contributed by atoms with Crippen LogP contribution in [0.5, 0.6) is 0 Å². The molecule has 2 N–H and O–H groups in total. The van der Waals surface area contributed by atoms with Crippen LogP contribution in [-0.2, 0) is 9.59 Å². The molecular formula is C15H10Cl2N4O4. The van der Waals surface area contributed by atoms with Crippen molar-refractivity contribution >= 4 is 52.6 Å². The largest absolute Gasteiger partial charge is 0.329 e. The molecule has 0 heterocycles. The maximum Gasteiger partial charge on any atom is 0.329 e. The maximum atomic E-state index is 11.7. The van der Waals surface area contributed by atoms with E-state index in [0.717, 1.165) is 6.21 Å². The zero-order chi connectivity index (χ0) is 18.4. The highest BCUT2D eigenvalue weighted by Gasteiger charge is 2.14. The number of hydrazone groups is 1. The molecule has 0 bridgehead atoms. The number of halogens is 2. The number of carbonyl (C=O) groups excluding carboxylic acids is 2. The van der Waals surface area contributed by atoms with Gasteiger partial charge in [-0.15, -0.1) is 0 Å². The molecule has 2 aromatic rings. The third-order valence-electron chi connectivity index (χ3n) is 2.85. The molecule has 0 saturated carbocycles. The molecule has 0 radical (unpaired) electrons. The Hall–Kier alpha value is -2.97. The van der Waals surface area contributed by atoms with Crippen molar-refractivity contribution in [1.82, 2.24) is 5.43 Å². The zero-order valence-corrected chi connectivity index (χ0v) is 13.9. The van der Waals surface area contributed by atoms with Crippen molar-refractivity contribution in [3.8, 4) is 0 Å². The second-order valence-corrected chi connectivity index (χ2v) is 5.47. The monoisotopic (exact) mass is 380 g/mol. The molecule has 25 heavy (non-hydrogen) atoms. The molecule has 128 valence electrons. The number of nitro benzene ring substituents is 1. The van der Waals surface area contributed by atoms with Crippen LogP contribution >= 0.6 is 23.2 Å². The van der Waals surface area contributed by atoms with E-state index in [0.29, 0.717) is 16.3 Å². The summed E-state index contributed by atoms with van der Waals surface area (Å²) in [7, 11) is 0. The van der Waals surface area contributed by atoms with Gasteiger partial charge < -0.3 is 5.32 Å². The molecule has 0 saturated heterocycles. The van der Waals surface area contributed by atoms with Crippen molar-refractivity contribution in [3.05, 3.63) is 68.2 Å². The minimum absolute atomic E-state index is 0.0199. The fourth-order valence-electron chi connectivity index (χ4n) is 1.69. The van der Waals surface area contributed by atoms with E-state index in [1.165, 1.54) is 30.3 Å². The summed E-state index contributed by atoms with van der Waals surface area (Å²) in [5.74, 6) is -1.93. The van der Waals surface area contributed by atoms with Gasteiger partial charge in [0.15, 0.2) is 0 Å². The van der Waals surface area contributed by atoms with Crippen LogP contribution in [0.15, 0.2) is 47.6 Å². The van der Waals surface area contributed by atoms with E-state index >= 15 is 0 Å². The van der Waals surface area contributed by atoms with Gasteiger partial charge in [-0.2, -0.15) is 5.10 Å². The van der Waals surface area contributed by atoms with Gasteiger partial charge in [0.25, 0.3) is 5.69 Å². The van der Waals surface area contributed by atoms with Gasteiger partial charge in [-0.05, 0) is 30.3 Å². The Balaban J connectivity index is 1.95. The number of amides is 2. The molecule has 0 aliphatic heterocycles. The number of hydrogen-bond donors (Lipinski definition) is 2. The van der Waals surface area contributed by atoms with Crippen molar-refractivity contribution in [1.29, 1.82) is 0 Å². The first kappa shape index (κ1) is 18.4. The van der Waals surface area contributed by atoms with Crippen molar-refractivity contribution in [2.45, 2.75) is 0 Å². The van der Waals surface area contributed by atoms with Gasteiger partial charge in [0.2, 0.25) is 0 Å². The Morgan fingerprint density at radius 3 is 2.40 bits per heavy atom. The molecular weight excluding hydrogens is 371 g/mol. The molecule has 0 aromatic heterocycles. The minimum Gasteiger partial charge on any atom is -0.318 e. The molecule has 0 atom stereocenters. The van der Waals surface area contributed by atoms with Gasteiger partial charge in [-0.25, -0.2) is 5.43 Å². The number of nitrogens with one attached hydrogen (secondary N) is 2. The summed E-state index contributed by atoms with van der Waals surface area (Å²) in [4.78, 5) is 33.5. The Kier molecular flexibility index (Phi) is 6.04. The highest BCUT2D eigenvalue weighted by molar-refractivity contribution is 6.39. The Labute approximate surface area is 151 Å². The number of anilines is 1. The zero-order valence-electron chi connectivity index (χ0n) is 12.4. The molecule has 10 heteroatoms. The summed E-state index contributed by atoms with van der Waals surface area (Å²) >= 11 is 11.4. The average molecular weight is 381 g/mol. The van der Waals surface area contributed by atoms with Gasteiger partial charge in [-0.1, -0.05) is 29.3 Å². The predicted octanol–water partition coefficient (Wildman–Crippen LogP) is 2.99. The number of hydrogen-bond acceptors (Lipinski definition) is 5. The number of nitro groups is 1. The number of rotatable bonds is 4. The SMILES string of the molecule is O=C(N/N=C/c1ccc(Cl)c([N+](=O)[O-])c1)C(=O)Nc1ccc(Cl)cc1. The molecule has 0 aliphatic rings. The Bertz CT molecular complexity index is 853. The normalized spacial score (nSPS) is 10.5. The number of carbonyl (C=O) groups is 2. The standard InChI is InChI=1S/C15H10Cl2N4O4/c16-10-2-4-11(5-3-10)19-14(22)15(23)20-18-8-9-1-6-12(17)13(7-9)21(24)25/h1-8H,(H,19,22)(H,20,23)/b18-8+. The summed E-state index contributed by atoms with van der Waals surface area (Å²) in [5.41, 5.74) is 2.44. The summed E-state index contributed by atoms with van der Waals surface area (Å²) < 4.78 is 0. The molecule has 2 amide bonds. The lowest BCUT2D eigenvalue weighted by Gasteiger charge is -2.03. The smallest absolute Gasteiger partial charge is 0.318 e. The summed E-state index contributed by atoms with van der Waals surface area (Å²) in [6.45, 7) is 0. The van der Waals surface area contributed by atoms with Gasteiger partial charge in [-0.3, -0.25) is 19.7 Å². The van der Waals surface area contributed by atoms with Crippen LogP contribution in [0.25, 0.3) is 0 Å². The topological polar surface area (TPSA) is 114 Å². The molecule has 0 unspecified atom stereocenters. The van der Waals surface area contributed by atoms with Crippen LogP contribution in [0.1, 0.15) is 5.56 Å². The van der Waals surface area contributed by atoms with E-state index in [9.17, 15) is 19.7 Å². The van der Waals surface area contributed by atoms with Crippen LogP contribution < -0.4 is 10.7 Å². The van der Waals surface area contributed by atoms with Crippen molar-refractivity contribution < 1.29 is 14.5 Å². The Morgan fingerprint density at radius 1 is 1.08 bits per heavy atom. The van der Waals surface area contributed by atoms with Gasteiger partial charge >= 0.3 is 11.8 Å². The van der Waals surface area contributed by atoms with Gasteiger partial charge in [0.05, 0.1) is 11.1 Å². The lowest BCUT2D eigenvalue weighted by molar-refractivity contribution is -0.384. The first-order chi connectivity index (χ1) is 11.9. The second kappa shape index (κ2) is 8.22. The highest BCUT2D eigenvalue weighted by Crippen LogP contribution is 2.24. The molecule has 0 spiro atoms. The van der Waals surface area contributed by atoms with Crippen molar-refractivity contribution in [3.63, 3.8) is 0 Å². The van der Waals surface area contributed by atoms with E-state index in [1.807, 2.05) is 5.43 Å². The maximum absolute atomic E-state index is 11.7. The second-order valence-electron chi connectivity index (χ2n) is 4.63. The minimum atomic E-state index is -1.00. The number of nitrogens with zero attached hydrogens (tertiary/aromatic N) is 2. The van der Waals surface area contributed by atoms with E-state index in [1.54, 1.807) is 12.1 Å². The Morgan fingerprint density at radius 2 is 1.76 bits per heavy atom. The number of benzene rings is 2. The third-order valence-corrected chi connectivity index (χ3v) is 3.43. The van der Waals surface area contributed by atoms with E-state index in [2.05, 4.69) is 10.4 Å². The highest BCUT2D eigenvalue weighted by atomic mass is 35.5. The van der Waals surface area contributed by atoms with E-state index in [4.69, 9.17) is 23.2 Å². The summed E-state index contributed by atoms with van der Waals surface area (Å²) in [6.07, 6.45) is 1.15. The molecule has 2 aromatic carbocycles. The lowest BCUT2D eigenvalue weighted by Crippen LogP contribution is -2.32. The van der Waals surface area contributed by atoms with Gasteiger partial charge in [0, 0.05) is 22.3 Å². The fourth-order valence-corrected chi connectivity index (χ4v) is 2.00. The average Bonchev–Trinajstić information content (AvgIpc) is 2.58. The van der Waals surface area contributed by atoms with E-state index in [-0.39, 0.29) is 10.7 Å². The molecule has 0 fully saturated rings. The first-order valence-electron chi connectivity index (χ1n) is 6.70.